The van der Waals surface area contributed by atoms with Crippen LogP contribution in [0.15, 0.2) is 42.5 Å². The van der Waals surface area contributed by atoms with Crippen molar-refractivity contribution < 1.29 is 18.6 Å². The molecule has 0 saturated heterocycles. The van der Waals surface area contributed by atoms with Crippen LogP contribution in [0.4, 0.5) is 0 Å². The number of carbonyl (C=O) groups excluding carboxylic acids is 1. The van der Waals surface area contributed by atoms with E-state index in [9.17, 15) is 9.36 Å². The third-order valence-electron chi connectivity index (χ3n) is 4.29. The number of ether oxygens (including phenoxy) is 1. The van der Waals surface area contributed by atoms with Crippen LogP contribution >= 0.6 is 7.52 Å². The number of esters is 1. The number of unbranched alkanes of at least 4 members (excludes halogenated alkanes) is 2. The van der Waals surface area contributed by atoms with Crippen molar-refractivity contribution in [2.45, 2.75) is 52.5 Å². The van der Waals surface area contributed by atoms with E-state index in [0.29, 0.717) is 18.5 Å². The lowest BCUT2D eigenvalue weighted by atomic mass is 10.1. The first-order chi connectivity index (χ1) is 13.0. The van der Waals surface area contributed by atoms with Crippen molar-refractivity contribution in [2.75, 3.05) is 12.8 Å². The summed E-state index contributed by atoms with van der Waals surface area (Å²) in [6, 6.07) is 12.8. The molecule has 6 heteroatoms. The van der Waals surface area contributed by atoms with Crippen molar-refractivity contribution in [3.63, 3.8) is 0 Å². The normalized spacial score (nSPS) is 14.5. The highest BCUT2D eigenvalue weighted by atomic mass is 31.2. The van der Waals surface area contributed by atoms with Crippen molar-refractivity contribution in [2.24, 2.45) is 0 Å². The Morgan fingerprint density at radius 2 is 1.78 bits per heavy atom. The van der Waals surface area contributed by atoms with E-state index in [1.807, 2.05) is 56.3 Å². The number of hydrogen-bond donors (Lipinski definition) is 1. The van der Waals surface area contributed by atoms with Gasteiger partial charge in [-0.25, -0.2) is 5.09 Å². The molecule has 2 aromatic carbocycles. The second-order valence-corrected chi connectivity index (χ2v) is 8.93. The fraction of sp³-hybridized carbons (Fsp3) is 0.476. The van der Waals surface area contributed by atoms with E-state index in [2.05, 4.69) is 5.09 Å². The van der Waals surface area contributed by atoms with Gasteiger partial charge in [-0.2, -0.15) is 0 Å². The lowest BCUT2D eigenvalue weighted by Gasteiger charge is -2.24. The zero-order valence-corrected chi connectivity index (χ0v) is 17.3. The smallest absolute Gasteiger partial charge is 0.323 e. The van der Waals surface area contributed by atoms with Crippen LogP contribution in [0.3, 0.4) is 0 Å². The number of rotatable bonds is 11. The quantitative estimate of drug-likeness (QED) is 0.310. The molecule has 0 aliphatic carbocycles. The molecule has 27 heavy (non-hydrogen) atoms. The minimum absolute atomic E-state index is 0.360. The fourth-order valence-corrected chi connectivity index (χ4v) is 4.90. The zero-order valence-electron chi connectivity index (χ0n) is 16.4. The van der Waals surface area contributed by atoms with Crippen LogP contribution in [0.1, 0.15) is 46.5 Å². The number of benzene rings is 2. The van der Waals surface area contributed by atoms with Gasteiger partial charge in [-0.15, -0.1) is 0 Å². The van der Waals surface area contributed by atoms with Gasteiger partial charge >= 0.3 is 13.5 Å². The highest BCUT2D eigenvalue weighted by molar-refractivity contribution is 7.57. The van der Waals surface area contributed by atoms with Crippen LogP contribution < -0.4 is 9.61 Å². The summed E-state index contributed by atoms with van der Waals surface area (Å²) in [5.74, 6) is 0.160. The summed E-state index contributed by atoms with van der Waals surface area (Å²) >= 11 is 0. The Labute approximate surface area is 161 Å². The van der Waals surface area contributed by atoms with E-state index >= 15 is 0 Å². The summed E-state index contributed by atoms with van der Waals surface area (Å²) in [6.07, 6.45) is 3.76. The second kappa shape index (κ2) is 10.5. The van der Waals surface area contributed by atoms with Crippen LogP contribution in [0.25, 0.3) is 10.8 Å². The van der Waals surface area contributed by atoms with Gasteiger partial charge < -0.3 is 9.26 Å². The number of hydrogen-bond acceptors (Lipinski definition) is 4. The molecule has 0 amide bonds. The van der Waals surface area contributed by atoms with E-state index < -0.39 is 19.5 Å². The Morgan fingerprint density at radius 1 is 1.07 bits per heavy atom. The SMILES string of the molecule is CCCCOC(=O)C(C)NP(=O)(CCCC)Oc1cccc2ccccc12. The maximum atomic E-state index is 13.5. The zero-order chi connectivity index (χ0) is 19.7. The van der Waals surface area contributed by atoms with Crippen LogP contribution in [0.2, 0.25) is 0 Å². The molecule has 1 N–H and O–H groups in total. The maximum Gasteiger partial charge on any atom is 0.323 e. The third kappa shape index (κ3) is 6.37. The molecule has 0 saturated carbocycles. The van der Waals surface area contributed by atoms with Crippen molar-refractivity contribution in [3.05, 3.63) is 42.5 Å². The molecule has 0 spiro atoms. The number of carbonyl (C=O) groups is 1. The van der Waals surface area contributed by atoms with Crippen molar-refractivity contribution >= 4 is 24.3 Å². The largest absolute Gasteiger partial charge is 0.465 e. The monoisotopic (exact) mass is 391 g/mol. The molecule has 2 aromatic rings. The Bertz CT molecular complexity index is 787. The van der Waals surface area contributed by atoms with Gasteiger partial charge in [0.25, 0.3) is 0 Å². The van der Waals surface area contributed by atoms with Gasteiger partial charge in [0.15, 0.2) is 0 Å². The van der Waals surface area contributed by atoms with Gasteiger partial charge in [0.05, 0.1) is 6.61 Å². The van der Waals surface area contributed by atoms with Crippen LogP contribution in [-0.4, -0.2) is 24.8 Å². The number of fused-ring (bicyclic) bond motifs is 1. The standard InChI is InChI=1S/C21H30NO4P/c1-4-6-15-25-21(23)17(3)22-27(24,16-7-5-2)26-20-14-10-12-18-11-8-9-13-19(18)20/h8-14,17H,4-7,15-16H2,1-3H3,(H,22,24). The Balaban J connectivity index is 2.17. The van der Waals surface area contributed by atoms with Crippen molar-refractivity contribution in [1.82, 2.24) is 5.09 Å². The molecular weight excluding hydrogens is 361 g/mol. The van der Waals surface area contributed by atoms with Crippen LogP contribution in [0, 0.1) is 0 Å². The van der Waals surface area contributed by atoms with Crippen molar-refractivity contribution in [3.8, 4) is 5.75 Å². The first-order valence-electron chi connectivity index (χ1n) is 9.70. The first kappa shape index (κ1) is 21.5. The van der Waals surface area contributed by atoms with E-state index in [1.54, 1.807) is 6.92 Å². The molecule has 0 radical (unpaired) electrons. The predicted octanol–water partition coefficient (Wildman–Crippen LogP) is 5.53. The van der Waals surface area contributed by atoms with Gasteiger partial charge in [0.2, 0.25) is 0 Å². The molecule has 0 fully saturated rings. The summed E-state index contributed by atoms with van der Waals surface area (Å²) in [6.45, 7) is 6.11. The minimum Gasteiger partial charge on any atom is -0.465 e. The molecule has 0 aliphatic rings. The molecule has 2 rings (SSSR count). The van der Waals surface area contributed by atoms with E-state index in [1.165, 1.54) is 0 Å². The molecule has 0 aliphatic heterocycles. The van der Waals surface area contributed by atoms with Gasteiger partial charge in [0.1, 0.15) is 11.8 Å². The highest BCUT2D eigenvalue weighted by Gasteiger charge is 2.30. The molecule has 148 valence electrons. The molecule has 0 bridgehead atoms. The number of nitrogens with one attached hydrogen (secondary N) is 1. The lowest BCUT2D eigenvalue weighted by Crippen LogP contribution is -2.35. The predicted molar refractivity (Wildman–Crippen MR) is 110 cm³/mol. The van der Waals surface area contributed by atoms with Crippen molar-refractivity contribution in [1.29, 1.82) is 0 Å². The van der Waals surface area contributed by atoms with Gasteiger partial charge in [0, 0.05) is 11.5 Å². The summed E-state index contributed by atoms with van der Waals surface area (Å²) < 4.78 is 24.7. The Morgan fingerprint density at radius 3 is 2.52 bits per heavy atom. The molecule has 0 heterocycles. The minimum atomic E-state index is -3.26. The van der Waals surface area contributed by atoms with Gasteiger partial charge in [-0.05, 0) is 31.2 Å². The average molecular weight is 391 g/mol. The molecule has 2 unspecified atom stereocenters. The molecule has 2 atom stereocenters. The highest BCUT2D eigenvalue weighted by Crippen LogP contribution is 2.46. The topological polar surface area (TPSA) is 64.6 Å². The Kier molecular flexibility index (Phi) is 8.33. The lowest BCUT2D eigenvalue weighted by molar-refractivity contribution is -0.145. The van der Waals surface area contributed by atoms with Gasteiger partial charge in [-0.1, -0.05) is 63.1 Å². The molecule has 5 nitrogen and oxygen atoms in total. The molecular formula is C21H30NO4P. The van der Waals surface area contributed by atoms with Gasteiger partial charge in [-0.3, -0.25) is 9.36 Å². The fourth-order valence-electron chi connectivity index (χ4n) is 2.73. The average Bonchev–Trinajstić information content (AvgIpc) is 2.67. The second-order valence-electron chi connectivity index (χ2n) is 6.69. The summed E-state index contributed by atoms with van der Waals surface area (Å²) in [5, 5.41) is 4.84. The maximum absolute atomic E-state index is 13.5. The van der Waals surface area contributed by atoms with E-state index in [4.69, 9.17) is 9.26 Å². The first-order valence-corrected chi connectivity index (χ1v) is 11.5. The third-order valence-corrected chi connectivity index (χ3v) is 6.46. The van der Waals surface area contributed by atoms with E-state index in [-0.39, 0.29) is 0 Å². The summed E-state index contributed by atoms with van der Waals surface area (Å²) in [4.78, 5) is 12.2. The van der Waals surface area contributed by atoms with Crippen LogP contribution in [0.5, 0.6) is 5.75 Å². The Hall–Kier alpha value is -1.84. The van der Waals surface area contributed by atoms with Crippen LogP contribution in [-0.2, 0) is 14.1 Å². The summed E-state index contributed by atoms with van der Waals surface area (Å²) in [7, 11) is -3.26. The summed E-state index contributed by atoms with van der Waals surface area (Å²) in [5.41, 5.74) is 0. The van der Waals surface area contributed by atoms with E-state index in [0.717, 1.165) is 36.5 Å². The molecule has 0 aromatic heterocycles.